The van der Waals surface area contributed by atoms with Crippen LogP contribution in [0.4, 0.5) is 4.39 Å². The van der Waals surface area contributed by atoms with E-state index < -0.39 is 0 Å². The van der Waals surface area contributed by atoms with Crippen LogP contribution in [0.1, 0.15) is 29.0 Å². The lowest BCUT2D eigenvalue weighted by atomic mass is 9.67. The van der Waals surface area contributed by atoms with Crippen LogP contribution < -0.4 is 0 Å². The fourth-order valence-corrected chi connectivity index (χ4v) is 3.79. The lowest BCUT2D eigenvalue weighted by Crippen LogP contribution is -2.16. The molecule has 2 heteroatoms. The van der Waals surface area contributed by atoms with Crippen molar-refractivity contribution >= 4 is 7.85 Å². The quantitative estimate of drug-likeness (QED) is 0.546. The molecule has 3 aromatic carbocycles. The van der Waals surface area contributed by atoms with Gasteiger partial charge in [0.2, 0.25) is 0 Å². The highest BCUT2D eigenvalue weighted by Crippen LogP contribution is 2.41. The van der Waals surface area contributed by atoms with Gasteiger partial charge in [0, 0.05) is 11.5 Å². The molecule has 0 heterocycles. The average molecular weight is 312 g/mol. The molecule has 3 aromatic rings. The molecule has 2 radical (unpaired) electrons. The minimum absolute atomic E-state index is 0.169. The molecule has 0 nitrogen and oxygen atoms in total. The third-order valence-corrected chi connectivity index (χ3v) is 4.92. The SMILES string of the molecule is [B][C@@H]1Cc2ccccc2[C@@H](c2cccc(-c3ccccc3F)c2)C1. The summed E-state index contributed by atoms with van der Waals surface area (Å²) < 4.78 is 14.1. The monoisotopic (exact) mass is 312 g/mol. The molecule has 0 spiro atoms. The number of hydrogen-bond acceptors (Lipinski definition) is 0. The molecule has 0 aliphatic heterocycles. The maximum Gasteiger partial charge on any atom is 0.131 e. The third kappa shape index (κ3) is 2.77. The van der Waals surface area contributed by atoms with E-state index >= 15 is 0 Å². The summed E-state index contributed by atoms with van der Waals surface area (Å²) in [7, 11) is 6.29. The zero-order chi connectivity index (χ0) is 16.5. The third-order valence-electron chi connectivity index (χ3n) is 4.92. The van der Waals surface area contributed by atoms with Gasteiger partial charge in [-0.1, -0.05) is 72.5 Å². The van der Waals surface area contributed by atoms with Gasteiger partial charge in [0.15, 0.2) is 0 Å². The van der Waals surface area contributed by atoms with E-state index in [1.54, 1.807) is 6.07 Å². The van der Waals surface area contributed by atoms with Gasteiger partial charge in [0.25, 0.3) is 0 Å². The van der Waals surface area contributed by atoms with E-state index in [1.165, 1.54) is 22.8 Å². The van der Waals surface area contributed by atoms with Gasteiger partial charge in [-0.3, -0.25) is 0 Å². The maximum atomic E-state index is 14.1. The Kier molecular flexibility index (Phi) is 3.97. The van der Waals surface area contributed by atoms with Crippen LogP contribution in [0, 0.1) is 5.82 Å². The normalized spacial score (nSPS) is 19.7. The van der Waals surface area contributed by atoms with Crippen molar-refractivity contribution in [1.29, 1.82) is 0 Å². The van der Waals surface area contributed by atoms with Crippen LogP contribution in [0.2, 0.25) is 5.82 Å². The molecule has 24 heavy (non-hydrogen) atoms. The molecule has 0 unspecified atom stereocenters. The first-order valence-electron chi connectivity index (χ1n) is 8.40. The van der Waals surface area contributed by atoms with Crippen LogP contribution in [0.25, 0.3) is 11.1 Å². The second kappa shape index (κ2) is 6.28. The molecule has 0 bridgehead atoms. The van der Waals surface area contributed by atoms with Crippen LogP contribution in [-0.2, 0) is 6.42 Å². The number of hydrogen-bond donors (Lipinski definition) is 0. The van der Waals surface area contributed by atoms with Crippen molar-refractivity contribution < 1.29 is 4.39 Å². The Morgan fingerprint density at radius 1 is 0.875 bits per heavy atom. The van der Waals surface area contributed by atoms with Gasteiger partial charge in [-0.15, -0.1) is 0 Å². The molecule has 0 amide bonds. The van der Waals surface area contributed by atoms with Gasteiger partial charge < -0.3 is 0 Å². The summed E-state index contributed by atoms with van der Waals surface area (Å²) in [6.07, 6.45) is 1.86. The number of benzene rings is 3. The lowest BCUT2D eigenvalue weighted by molar-refractivity contribution is 0.615. The molecule has 0 saturated heterocycles. The van der Waals surface area contributed by atoms with Crippen LogP contribution in [0.5, 0.6) is 0 Å². The summed E-state index contributed by atoms with van der Waals surface area (Å²) in [4.78, 5) is 0. The van der Waals surface area contributed by atoms with E-state index in [4.69, 9.17) is 7.85 Å². The number of halogens is 1. The predicted molar refractivity (Wildman–Crippen MR) is 97.9 cm³/mol. The van der Waals surface area contributed by atoms with Crippen molar-refractivity contribution in [3.05, 3.63) is 95.3 Å². The Morgan fingerprint density at radius 3 is 2.54 bits per heavy atom. The van der Waals surface area contributed by atoms with Crippen molar-refractivity contribution in [2.75, 3.05) is 0 Å². The Balaban J connectivity index is 1.79. The summed E-state index contributed by atoms with van der Waals surface area (Å²) in [5, 5.41) is 0. The van der Waals surface area contributed by atoms with E-state index in [-0.39, 0.29) is 17.6 Å². The summed E-state index contributed by atoms with van der Waals surface area (Å²) in [6, 6.07) is 23.7. The Hall–Kier alpha value is -2.35. The first-order chi connectivity index (χ1) is 11.7. The minimum atomic E-state index is -0.185. The van der Waals surface area contributed by atoms with Gasteiger partial charge in [0.1, 0.15) is 5.82 Å². The summed E-state index contributed by atoms with van der Waals surface area (Å²) >= 11 is 0. The first-order valence-corrected chi connectivity index (χ1v) is 8.40. The van der Waals surface area contributed by atoms with Crippen LogP contribution in [0.15, 0.2) is 72.8 Å². The average Bonchev–Trinajstić information content (AvgIpc) is 2.61. The summed E-state index contributed by atoms with van der Waals surface area (Å²) in [5.41, 5.74) is 5.45. The Bertz CT molecular complexity index is 871. The Morgan fingerprint density at radius 2 is 1.67 bits per heavy atom. The largest absolute Gasteiger partial charge is 0.206 e. The highest BCUT2D eigenvalue weighted by Gasteiger charge is 2.25. The maximum absolute atomic E-state index is 14.1. The van der Waals surface area contributed by atoms with Crippen LogP contribution in [0.3, 0.4) is 0 Å². The van der Waals surface area contributed by atoms with Gasteiger partial charge in [-0.2, -0.15) is 0 Å². The van der Waals surface area contributed by atoms with Crippen molar-refractivity contribution in [1.82, 2.24) is 0 Å². The first kappa shape index (κ1) is 15.2. The van der Waals surface area contributed by atoms with E-state index in [0.717, 1.165) is 18.4 Å². The van der Waals surface area contributed by atoms with E-state index in [1.807, 2.05) is 24.3 Å². The molecule has 116 valence electrons. The van der Waals surface area contributed by atoms with Crippen molar-refractivity contribution in [3.8, 4) is 11.1 Å². The standard InChI is InChI=1S/C22H18BF/c23-18-13-17-6-1-2-9-19(17)21(14-18)16-8-5-7-15(12-16)20-10-3-4-11-22(20)24/h1-12,18,21H,13-14H2/t18-,21-/m1/s1. The Labute approximate surface area is 143 Å². The van der Waals surface area contributed by atoms with E-state index in [9.17, 15) is 4.39 Å². The molecule has 0 N–H and O–H groups in total. The summed E-state index contributed by atoms with van der Waals surface area (Å²) in [6.45, 7) is 0. The number of rotatable bonds is 2. The molecule has 4 rings (SSSR count). The topological polar surface area (TPSA) is 0 Å². The second-order valence-electron chi connectivity index (χ2n) is 6.56. The molecule has 0 aromatic heterocycles. The molecular weight excluding hydrogens is 294 g/mol. The molecule has 0 saturated carbocycles. The van der Waals surface area contributed by atoms with Crippen molar-refractivity contribution in [2.24, 2.45) is 0 Å². The summed E-state index contributed by atoms with van der Waals surface area (Å²) in [5.74, 6) is 0.258. The predicted octanol–water partition coefficient (Wildman–Crippen LogP) is 5.53. The van der Waals surface area contributed by atoms with E-state index in [2.05, 4.69) is 36.4 Å². The van der Waals surface area contributed by atoms with Crippen LogP contribution in [-0.4, -0.2) is 7.85 Å². The van der Waals surface area contributed by atoms with E-state index in [0.29, 0.717) is 5.56 Å². The van der Waals surface area contributed by atoms with Crippen LogP contribution >= 0.6 is 0 Å². The molecule has 1 aliphatic rings. The lowest BCUT2D eigenvalue weighted by Gasteiger charge is -2.30. The van der Waals surface area contributed by atoms with Gasteiger partial charge >= 0.3 is 0 Å². The molecular formula is C22H18BF. The van der Waals surface area contributed by atoms with Crippen molar-refractivity contribution in [2.45, 2.75) is 24.6 Å². The molecule has 2 atom stereocenters. The molecule has 1 aliphatic carbocycles. The smallest absolute Gasteiger partial charge is 0.131 e. The zero-order valence-electron chi connectivity index (χ0n) is 13.5. The molecule has 0 fully saturated rings. The number of fused-ring (bicyclic) bond motifs is 1. The van der Waals surface area contributed by atoms with Crippen molar-refractivity contribution in [3.63, 3.8) is 0 Å². The van der Waals surface area contributed by atoms with Gasteiger partial charge in [-0.05, 0) is 41.2 Å². The van der Waals surface area contributed by atoms with Gasteiger partial charge in [0.05, 0.1) is 7.85 Å². The second-order valence-corrected chi connectivity index (χ2v) is 6.56. The fourth-order valence-electron chi connectivity index (χ4n) is 3.79. The zero-order valence-corrected chi connectivity index (χ0v) is 13.5. The highest BCUT2D eigenvalue weighted by molar-refractivity contribution is 6.12. The fraction of sp³-hybridized carbons (Fsp3) is 0.182. The minimum Gasteiger partial charge on any atom is -0.206 e. The highest BCUT2D eigenvalue weighted by atomic mass is 19.1. The van der Waals surface area contributed by atoms with Gasteiger partial charge in [-0.25, -0.2) is 4.39 Å².